The van der Waals surface area contributed by atoms with Crippen molar-refractivity contribution in [1.82, 2.24) is 10.6 Å². The zero-order valence-corrected chi connectivity index (χ0v) is 63.2. The maximum atomic E-state index is 14.5. The van der Waals surface area contributed by atoms with Crippen molar-refractivity contribution < 1.29 is 115 Å². The summed E-state index contributed by atoms with van der Waals surface area (Å²) in [6.45, 7) is 8.44. The Kier molecular flexibility index (Phi) is 52.4. The Hall–Kier alpha value is -3.04. The quantitative estimate of drug-likeness (QED) is 0.00889. The van der Waals surface area contributed by atoms with Crippen LogP contribution < -0.4 is 10.6 Å². The van der Waals surface area contributed by atoms with Gasteiger partial charge in [-0.05, 0) is 38.5 Å². The molecular formula is C72H134N2O24P2. The van der Waals surface area contributed by atoms with Gasteiger partial charge in [-0.25, -0.2) is 9.13 Å². The van der Waals surface area contributed by atoms with Crippen LogP contribution in [0.25, 0.3) is 0 Å². The highest BCUT2D eigenvalue weighted by molar-refractivity contribution is 7.46. The Morgan fingerprint density at radius 1 is 0.430 bits per heavy atom. The normalized spacial score (nSPS) is 22.0. The predicted molar refractivity (Wildman–Crippen MR) is 378 cm³/mol. The number of hydrogen-bond donors (Lipinski definition) is 10. The van der Waals surface area contributed by atoms with E-state index in [1.807, 2.05) is 13.8 Å². The molecule has 13 atom stereocenters. The smallest absolute Gasteiger partial charge is 0.462 e. The van der Waals surface area contributed by atoms with Gasteiger partial charge < -0.3 is 79.1 Å². The maximum absolute atomic E-state index is 14.5. The molecule has 0 radical (unpaired) electrons. The SMILES string of the molecule is CCCCCCCCCCCC(=O)CC(=O)N[C@H]1[C@H](OC[C@H]2O[C@H](OP(=O)(O)O)[C@H](NC(=O)C[C@@H](CCCCCCCCCCC)OC(=O)CCCCCCCCCCC)[C@@H](OC(=O)C[C@H](O)CCCCCCC)[C@@H]2O)O[C@H](CO)[C@@H](OP(=O)(O)O)[C@@H]1OC(=O)C[C@H](O)CCCCCCC. The van der Waals surface area contributed by atoms with Crippen molar-refractivity contribution in [2.75, 3.05) is 13.2 Å². The Labute approximate surface area is 597 Å². The predicted octanol–water partition coefficient (Wildman–Crippen LogP) is 12.4. The van der Waals surface area contributed by atoms with Gasteiger partial charge >= 0.3 is 33.6 Å². The van der Waals surface area contributed by atoms with E-state index < -0.39 is 170 Å². The number of ketones is 1. The molecule has 28 heteroatoms. The van der Waals surface area contributed by atoms with Gasteiger partial charge in [0.2, 0.25) is 11.8 Å². The highest BCUT2D eigenvalue weighted by Gasteiger charge is 2.55. The number of amides is 2. The van der Waals surface area contributed by atoms with Crippen molar-refractivity contribution in [1.29, 1.82) is 0 Å². The maximum Gasteiger partial charge on any atom is 0.472 e. The van der Waals surface area contributed by atoms with Crippen LogP contribution in [0.1, 0.15) is 330 Å². The van der Waals surface area contributed by atoms with Crippen molar-refractivity contribution in [3.05, 3.63) is 0 Å². The second-order valence-corrected chi connectivity index (χ2v) is 30.2. The number of carbonyl (C=O) groups is 6. The summed E-state index contributed by atoms with van der Waals surface area (Å²) in [5.74, 6) is -5.16. The van der Waals surface area contributed by atoms with Crippen molar-refractivity contribution in [3.63, 3.8) is 0 Å². The van der Waals surface area contributed by atoms with Crippen LogP contribution in [0.2, 0.25) is 0 Å². The van der Waals surface area contributed by atoms with E-state index >= 15 is 0 Å². The summed E-state index contributed by atoms with van der Waals surface area (Å²) in [6.07, 6.45) is 13.4. The molecule has 10 N–H and O–H groups in total. The molecule has 2 heterocycles. The average molecular weight is 1470 g/mol. The van der Waals surface area contributed by atoms with Gasteiger partial charge in [-0.2, -0.15) is 0 Å². The van der Waals surface area contributed by atoms with E-state index in [-0.39, 0.29) is 32.1 Å². The van der Waals surface area contributed by atoms with E-state index in [0.29, 0.717) is 32.1 Å². The van der Waals surface area contributed by atoms with Crippen LogP contribution in [0.3, 0.4) is 0 Å². The van der Waals surface area contributed by atoms with E-state index in [1.54, 1.807) is 0 Å². The number of carbonyl (C=O) groups excluding carboxylic acids is 6. The van der Waals surface area contributed by atoms with Gasteiger partial charge in [-0.15, -0.1) is 0 Å². The molecule has 0 bridgehead atoms. The van der Waals surface area contributed by atoms with Gasteiger partial charge in [-0.3, -0.25) is 37.8 Å². The number of rotatable bonds is 63. The zero-order chi connectivity index (χ0) is 74.0. The molecule has 2 fully saturated rings. The second-order valence-electron chi connectivity index (χ2n) is 27.8. The van der Waals surface area contributed by atoms with E-state index in [2.05, 4.69) is 31.4 Å². The van der Waals surface area contributed by atoms with Gasteiger partial charge in [0.05, 0.1) is 51.1 Å². The number of esters is 3. The molecule has 0 aromatic rings. The van der Waals surface area contributed by atoms with Gasteiger partial charge in [0.1, 0.15) is 48.4 Å². The van der Waals surface area contributed by atoms with Crippen molar-refractivity contribution in [2.24, 2.45) is 0 Å². The first-order chi connectivity index (χ1) is 47.9. The third-order valence-corrected chi connectivity index (χ3v) is 19.4. The molecule has 586 valence electrons. The average Bonchev–Trinajstić information content (AvgIpc) is 0.784. The Balaban J connectivity index is 2.66. The monoisotopic (exact) mass is 1470 g/mol. The van der Waals surface area contributed by atoms with Crippen molar-refractivity contribution >= 4 is 51.2 Å². The highest BCUT2D eigenvalue weighted by atomic mass is 31.2. The second kappa shape index (κ2) is 56.3. The van der Waals surface area contributed by atoms with Crippen LogP contribution in [-0.4, -0.2) is 168 Å². The zero-order valence-electron chi connectivity index (χ0n) is 61.5. The summed E-state index contributed by atoms with van der Waals surface area (Å²) >= 11 is 0. The van der Waals surface area contributed by atoms with E-state index in [0.717, 1.165) is 186 Å². The number of phosphoric ester groups is 2. The summed E-state index contributed by atoms with van der Waals surface area (Å²) in [7, 11) is -11.3. The third kappa shape index (κ3) is 44.7. The van der Waals surface area contributed by atoms with Crippen LogP contribution in [0.5, 0.6) is 0 Å². The lowest BCUT2D eigenvalue weighted by molar-refractivity contribution is -0.296. The number of ether oxygens (including phenoxy) is 6. The molecule has 2 aliphatic heterocycles. The standard InChI is InChI=1S/C72H134N2O24P2/c1-6-11-16-21-24-27-30-35-40-43-54(76)48-60(79)73-66-70(96-64(83)50-56(78)45-39-34-20-15-10-5)68(97-99(85,86)87)58(52-75)93-71(66)91-53-59-67(84)69(95-63(82)49-55(77)44-38-33-19-14-9-4)65(72(94-59)98-100(88,89)90)74-61(80)51-57(46-41-36-31-28-25-22-17-12-7-2)92-62(81)47-42-37-32-29-26-23-18-13-8-3/h55-59,65-72,75,77-78,84H,6-53H2,1-5H3,(H,73,79)(H,74,80)(H2,85,86,87)(H2,88,89,90)/t55-,56-,57-,58-,59-,65-,66-,67-,68-,69-,70-,71-,72-/m1/s1. The molecule has 0 aliphatic carbocycles. The largest absolute Gasteiger partial charge is 0.472 e. The van der Waals surface area contributed by atoms with Crippen molar-refractivity contribution in [2.45, 2.75) is 410 Å². The summed E-state index contributed by atoms with van der Waals surface area (Å²) in [5.41, 5.74) is 0. The fourth-order valence-electron chi connectivity index (χ4n) is 12.8. The first-order valence-corrected chi connectivity index (χ1v) is 41.7. The number of nitrogens with one attached hydrogen (secondary N) is 2. The number of phosphoric acid groups is 2. The van der Waals surface area contributed by atoms with Crippen LogP contribution in [0, 0.1) is 0 Å². The number of aliphatic hydroxyl groups is 4. The molecule has 26 nitrogen and oxygen atoms in total. The number of Topliss-reactive ketones (excluding diaryl/α,β-unsaturated/α-hetero) is 1. The molecule has 0 saturated carbocycles. The molecule has 2 aliphatic rings. The van der Waals surface area contributed by atoms with E-state index in [1.165, 1.54) is 19.3 Å². The lowest BCUT2D eigenvalue weighted by Gasteiger charge is -2.47. The molecule has 0 unspecified atom stereocenters. The Bertz CT molecular complexity index is 2280. The number of hydrogen-bond acceptors (Lipinski definition) is 20. The lowest BCUT2D eigenvalue weighted by atomic mass is 9.95. The molecular weight excluding hydrogens is 1340 g/mol. The molecule has 0 aromatic carbocycles. The Morgan fingerprint density at radius 3 is 1.25 bits per heavy atom. The van der Waals surface area contributed by atoms with E-state index in [9.17, 15) is 77.9 Å². The minimum Gasteiger partial charge on any atom is -0.462 e. The number of aliphatic hydroxyl groups excluding tert-OH is 4. The Morgan fingerprint density at radius 2 is 0.810 bits per heavy atom. The molecule has 2 amide bonds. The first kappa shape index (κ1) is 93.0. The summed E-state index contributed by atoms with van der Waals surface area (Å²) in [5, 5.41) is 50.2. The van der Waals surface area contributed by atoms with Gasteiger partial charge in [0.15, 0.2) is 24.8 Å². The molecule has 2 rings (SSSR count). The lowest BCUT2D eigenvalue weighted by Crippen LogP contribution is -2.68. The highest BCUT2D eigenvalue weighted by Crippen LogP contribution is 2.44. The van der Waals surface area contributed by atoms with Crippen LogP contribution in [-0.2, 0) is 75.4 Å². The number of unbranched alkanes of at least 4 members (excludes halogenated alkanes) is 32. The van der Waals surface area contributed by atoms with Gasteiger partial charge in [0, 0.05) is 12.8 Å². The molecule has 2 saturated heterocycles. The van der Waals surface area contributed by atoms with Gasteiger partial charge in [0.25, 0.3) is 0 Å². The third-order valence-electron chi connectivity index (χ3n) is 18.4. The summed E-state index contributed by atoms with van der Waals surface area (Å²) < 4.78 is 71.7. The minimum atomic E-state index is -5.67. The van der Waals surface area contributed by atoms with Crippen molar-refractivity contribution in [3.8, 4) is 0 Å². The summed E-state index contributed by atoms with van der Waals surface area (Å²) in [4.78, 5) is 124. The molecule has 100 heavy (non-hydrogen) atoms. The van der Waals surface area contributed by atoms with Crippen LogP contribution >= 0.6 is 15.6 Å². The van der Waals surface area contributed by atoms with Crippen LogP contribution in [0.4, 0.5) is 0 Å². The van der Waals surface area contributed by atoms with Crippen LogP contribution in [0.15, 0.2) is 0 Å². The molecule has 0 spiro atoms. The first-order valence-electron chi connectivity index (χ1n) is 38.6. The fraction of sp³-hybridized carbons (Fsp3) is 0.917. The minimum absolute atomic E-state index is 0.0163. The van der Waals surface area contributed by atoms with E-state index in [4.69, 9.17) is 37.5 Å². The molecule has 0 aromatic heterocycles. The summed E-state index contributed by atoms with van der Waals surface area (Å²) in [6, 6.07) is -3.85. The van der Waals surface area contributed by atoms with Gasteiger partial charge in [-0.1, -0.05) is 253 Å². The topological polar surface area (TPSA) is 396 Å². The fourth-order valence-corrected chi connectivity index (χ4v) is 13.8.